The zero-order chi connectivity index (χ0) is 17.0. The number of esters is 1. The molecule has 0 atom stereocenters. The second kappa shape index (κ2) is 7.68. The van der Waals surface area contributed by atoms with Gasteiger partial charge in [0.25, 0.3) is 5.91 Å². The van der Waals surface area contributed by atoms with Crippen molar-refractivity contribution in [1.29, 1.82) is 0 Å². The predicted molar refractivity (Wildman–Crippen MR) is 91.2 cm³/mol. The lowest BCUT2D eigenvalue weighted by Crippen LogP contribution is -2.21. The molecule has 1 amide bonds. The number of amides is 1. The molecule has 0 unspecified atom stereocenters. The number of benzene rings is 2. The van der Waals surface area contributed by atoms with Gasteiger partial charge in [-0.2, -0.15) is 0 Å². The number of aromatic hydroxyl groups is 1. The van der Waals surface area contributed by atoms with E-state index in [9.17, 15) is 14.7 Å². The molecule has 0 aliphatic rings. The Morgan fingerprint density at radius 3 is 2.52 bits per heavy atom. The molecule has 2 N–H and O–H groups in total. The van der Waals surface area contributed by atoms with Crippen molar-refractivity contribution in [3.05, 3.63) is 56.5 Å². The van der Waals surface area contributed by atoms with E-state index in [0.717, 1.165) is 10.5 Å². The third-order valence-corrected chi connectivity index (χ3v) is 3.85. The molecule has 120 valence electrons. The smallest absolute Gasteiger partial charge is 0.338 e. The van der Waals surface area contributed by atoms with E-state index in [-0.39, 0.29) is 16.3 Å². The molecule has 0 bridgehead atoms. The van der Waals surface area contributed by atoms with Crippen LogP contribution >= 0.6 is 39.1 Å². The highest BCUT2D eigenvalue weighted by molar-refractivity contribution is 9.10. The Balaban J connectivity index is 1.93. The fourth-order valence-electron chi connectivity index (χ4n) is 1.63. The van der Waals surface area contributed by atoms with Gasteiger partial charge in [0.2, 0.25) is 0 Å². The molecular weight excluding hydrogens is 409 g/mol. The third-order valence-electron chi connectivity index (χ3n) is 2.72. The van der Waals surface area contributed by atoms with Crippen molar-refractivity contribution in [2.45, 2.75) is 0 Å². The summed E-state index contributed by atoms with van der Waals surface area (Å²) in [5.74, 6) is -1.54. The predicted octanol–water partition coefficient (Wildman–Crippen LogP) is 4.26. The standard InChI is InChI=1S/C15H10BrCl2NO4/c16-9-2-4-12(11(18)6-9)19-14(21)7-23-15(22)8-1-3-10(17)13(20)5-8/h1-6,20H,7H2,(H,19,21). The first-order chi connectivity index (χ1) is 10.9. The third kappa shape index (κ3) is 4.86. The van der Waals surface area contributed by atoms with Gasteiger partial charge >= 0.3 is 5.97 Å². The number of anilines is 1. The SMILES string of the molecule is O=C(COC(=O)c1ccc(Cl)c(O)c1)Nc1ccc(Br)cc1Cl. The molecule has 2 rings (SSSR count). The second-order valence-corrected chi connectivity index (χ2v) is 6.14. The topological polar surface area (TPSA) is 75.6 Å². The fraction of sp³-hybridized carbons (Fsp3) is 0.0667. The zero-order valence-corrected chi connectivity index (χ0v) is 14.6. The van der Waals surface area contributed by atoms with E-state index < -0.39 is 18.5 Å². The van der Waals surface area contributed by atoms with Crippen molar-refractivity contribution in [2.75, 3.05) is 11.9 Å². The maximum absolute atomic E-state index is 11.8. The first-order valence-corrected chi connectivity index (χ1v) is 7.82. The summed E-state index contributed by atoms with van der Waals surface area (Å²) in [4.78, 5) is 23.6. The van der Waals surface area contributed by atoms with Gasteiger partial charge in [-0.3, -0.25) is 4.79 Å². The Morgan fingerprint density at radius 2 is 1.87 bits per heavy atom. The Kier molecular flexibility index (Phi) is 5.87. The van der Waals surface area contributed by atoms with Crippen LogP contribution in [-0.4, -0.2) is 23.6 Å². The number of carbonyl (C=O) groups excluding carboxylic acids is 2. The Morgan fingerprint density at radius 1 is 1.13 bits per heavy atom. The van der Waals surface area contributed by atoms with Crippen molar-refractivity contribution in [3.8, 4) is 5.75 Å². The van der Waals surface area contributed by atoms with Crippen molar-refractivity contribution >= 4 is 56.7 Å². The quantitative estimate of drug-likeness (QED) is 0.727. The minimum atomic E-state index is -0.756. The van der Waals surface area contributed by atoms with Gasteiger partial charge in [-0.1, -0.05) is 39.1 Å². The van der Waals surface area contributed by atoms with Crippen molar-refractivity contribution in [2.24, 2.45) is 0 Å². The van der Waals surface area contributed by atoms with Crippen LogP contribution in [0, 0.1) is 0 Å². The van der Waals surface area contributed by atoms with Gasteiger partial charge in [0.15, 0.2) is 6.61 Å². The molecule has 0 spiro atoms. The van der Waals surface area contributed by atoms with E-state index in [1.165, 1.54) is 12.1 Å². The van der Waals surface area contributed by atoms with Crippen LogP contribution in [0.1, 0.15) is 10.4 Å². The molecule has 2 aromatic carbocycles. The number of halogens is 3. The first-order valence-electron chi connectivity index (χ1n) is 6.27. The number of hydrogen-bond donors (Lipinski definition) is 2. The lowest BCUT2D eigenvalue weighted by Gasteiger charge is -2.08. The summed E-state index contributed by atoms with van der Waals surface area (Å²) >= 11 is 14.9. The Bertz CT molecular complexity index is 767. The number of ether oxygens (including phenoxy) is 1. The largest absolute Gasteiger partial charge is 0.506 e. The molecule has 0 saturated carbocycles. The molecule has 5 nitrogen and oxygen atoms in total. The van der Waals surface area contributed by atoms with Crippen molar-refractivity contribution in [1.82, 2.24) is 0 Å². The summed E-state index contributed by atoms with van der Waals surface area (Å²) in [5, 5.41) is 12.4. The normalized spacial score (nSPS) is 10.2. The molecule has 23 heavy (non-hydrogen) atoms. The second-order valence-electron chi connectivity index (χ2n) is 4.41. The molecule has 0 radical (unpaired) electrons. The molecular formula is C15H10BrCl2NO4. The van der Waals surface area contributed by atoms with E-state index >= 15 is 0 Å². The van der Waals surface area contributed by atoms with Crippen LogP contribution in [0.4, 0.5) is 5.69 Å². The number of hydrogen-bond acceptors (Lipinski definition) is 4. The van der Waals surface area contributed by atoms with Gasteiger partial charge in [0, 0.05) is 4.47 Å². The van der Waals surface area contributed by atoms with E-state index in [4.69, 9.17) is 27.9 Å². The summed E-state index contributed by atoms with van der Waals surface area (Å²) in [7, 11) is 0. The van der Waals surface area contributed by atoms with Crippen LogP contribution in [0.25, 0.3) is 0 Å². The molecule has 0 saturated heterocycles. The number of rotatable bonds is 4. The van der Waals surface area contributed by atoms with Crippen molar-refractivity contribution in [3.63, 3.8) is 0 Å². The molecule has 2 aromatic rings. The maximum Gasteiger partial charge on any atom is 0.338 e. The maximum atomic E-state index is 11.8. The van der Waals surface area contributed by atoms with E-state index in [0.29, 0.717) is 10.7 Å². The van der Waals surface area contributed by atoms with Crippen LogP contribution < -0.4 is 5.32 Å². The highest BCUT2D eigenvalue weighted by atomic mass is 79.9. The highest BCUT2D eigenvalue weighted by Gasteiger charge is 2.13. The average molecular weight is 419 g/mol. The average Bonchev–Trinajstić information content (AvgIpc) is 2.50. The van der Waals surface area contributed by atoms with Gasteiger partial charge in [-0.15, -0.1) is 0 Å². The van der Waals surface area contributed by atoms with Gasteiger partial charge in [-0.05, 0) is 36.4 Å². The van der Waals surface area contributed by atoms with Crippen LogP contribution in [0.15, 0.2) is 40.9 Å². The monoisotopic (exact) mass is 417 g/mol. The Labute approximate surface area is 150 Å². The molecule has 0 aliphatic carbocycles. The molecule has 8 heteroatoms. The van der Waals surface area contributed by atoms with Crippen LogP contribution in [0.3, 0.4) is 0 Å². The summed E-state index contributed by atoms with van der Waals surface area (Å²) in [6, 6.07) is 8.85. The van der Waals surface area contributed by atoms with Gasteiger partial charge in [0.05, 0.1) is 21.3 Å². The molecule has 0 heterocycles. The van der Waals surface area contributed by atoms with Gasteiger partial charge < -0.3 is 15.2 Å². The number of carbonyl (C=O) groups is 2. The number of nitrogens with one attached hydrogen (secondary N) is 1. The lowest BCUT2D eigenvalue weighted by molar-refractivity contribution is -0.119. The molecule has 0 aliphatic heterocycles. The van der Waals surface area contributed by atoms with E-state index in [2.05, 4.69) is 21.2 Å². The molecule has 0 fully saturated rings. The summed E-state index contributed by atoms with van der Waals surface area (Å²) in [6.45, 7) is -0.491. The van der Waals surface area contributed by atoms with Crippen LogP contribution in [0.2, 0.25) is 10.0 Å². The van der Waals surface area contributed by atoms with Gasteiger partial charge in [0.1, 0.15) is 5.75 Å². The van der Waals surface area contributed by atoms with Crippen molar-refractivity contribution < 1.29 is 19.4 Å². The Hall–Kier alpha value is -1.76. The van der Waals surface area contributed by atoms with E-state index in [1.807, 2.05) is 0 Å². The minimum Gasteiger partial charge on any atom is -0.506 e. The first kappa shape index (κ1) is 17.6. The van der Waals surface area contributed by atoms with Gasteiger partial charge in [-0.25, -0.2) is 4.79 Å². The highest BCUT2D eigenvalue weighted by Crippen LogP contribution is 2.26. The molecule has 0 aromatic heterocycles. The number of phenolic OH excluding ortho intramolecular Hbond substituents is 1. The summed E-state index contributed by atoms with van der Waals surface area (Å²) in [5.41, 5.74) is 0.487. The minimum absolute atomic E-state index is 0.0846. The van der Waals surface area contributed by atoms with Crippen LogP contribution in [-0.2, 0) is 9.53 Å². The van der Waals surface area contributed by atoms with Crippen LogP contribution in [0.5, 0.6) is 5.75 Å². The van der Waals surface area contributed by atoms with E-state index in [1.54, 1.807) is 18.2 Å². The zero-order valence-electron chi connectivity index (χ0n) is 11.5. The fourth-order valence-corrected chi connectivity index (χ4v) is 2.47. The number of phenols is 1. The lowest BCUT2D eigenvalue weighted by atomic mass is 10.2. The summed E-state index contributed by atoms with van der Waals surface area (Å²) in [6.07, 6.45) is 0. The summed E-state index contributed by atoms with van der Waals surface area (Å²) < 4.78 is 5.64.